The van der Waals surface area contributed by atoms with Gasteiger partial charge in [0, 0.05) is 6.54 Å². The van der Waals surface area contributed by atoms with Crippen LogP contribution in [0.5, 0.6) is 0 Å². The summed E-state index contributed by atoms with van der Waals surface area (Å²) < 4.78 is 0. The zero-order chi connectivity index (χ0) is 12.9. The van der Waals surface area contributed by atoms with Crippen LogP contribution in [0, 0.1) is 0 Å². The van der Waals surface area contributed by atoms with Crippen LogP contribution < -0.4 is 17.1 Å². The number of nitrogens with one attached hydrogen (secondary N) is 1. The average Bonchev–Trinajstić information content (AvgIpc) is 2.35. The van der Waals surface area contributed by atoms with E-state index in [2.05, 4.69) is 6.92 Å². The molecule has 0 bridgehead atoms. The molecule has 0 aromatic heterocycles. The SMILES string of the molecule is CCCCCCCCCCCN(N)C(=O)NN. The van der Waals surface area contributed by atoms with E-state index in [1.54, 1.807) is 0 Å². The minimum atomic E-state index is -0.426. The summed E-state index contributed by atoms with van der Waals surface area (Å²) in [6.07, 6.45) is 11.3. The first kappa shape index (κ1) is 16.2. The van der Waals surface area contributed by atoms with E-state index >= 15 is 0 Å². The van der Waals surface area contributed by atoms with Crippen LogP contribution in [0.3, 0.4) is 0 Å². The van der Waals surface area contributed by atoms with Crippen LogP contribution in [0.25, 0.3) is 0 Å². The van der Waals surface area contributed by atoms with E-state index in [9.17, 15) is 4.79 Å². The van der Waals surface area contributed by atoms with Crippen LogP contribution in [-0.4, -0.2) is 17.6 Å². The summed E-state index contributed by atoms with van der Waals surface area (Å²) in [7, 11) is 0. The molecule has 0 spiro atoms. The van der Waals surface area contributed by atoms with E-state index in [0.717, 1.165) is 17.9 Å². The van der Waals surface area contributed by atoms with Crippen molar-refractivity contribution in [2.75, 3.05) is 6.54 Å². The van der Waals surface area contributed by atoms with Crippen LogP contribution in [0.4, 0.5) is 4.79 Å². The van der Waals surface area contributed by atoms with E-state index in [1.807, 2.05) is 5.43 Å². The molecule has 0 radical (unpaired) electrons. The standard InChI is InChI=1S/C12H28N4O/c1-2-3-4-5-6-7-8-9-10-11-16(14)12(17)15-13/h2-11,13-14H2,1H3,(H,15,17). The highest BCUT2D eigenvalue weighted by atomic mass is 16.2. The van der Waals surface area contributed by atoms with Crippen molar-refractivity contribution >= 4 is 6.03 Å². The Morgan fingerprint density at radius 3 is 1.94 bits per heavy atom. The minimum Gasteiger partial charge on any atom is -0.275 e. The monoisotopic (exact) mass is 244 g/mol. The average molecular weight is 244 g/mol. The van der Waals surface area contributed by atoms with E-state index in [0.29, 0.717) is 6.54 Å². The third kappa shape index (κ3) is 10.1. The highest BCUT2D eigenvalue weighted by Gasteiger charge is 2.05. The molecule has 5 heteroatoms. The molecule has 5 nitrogen and oxygen atoms in total. The Bertz CT molecular complexity index is 187. The van der Waals surface area contributed by atoms with Gasteiger partial charge in [0.05, 0.1) is 0 Å². The highest BCUT2D eigenvalue weighted by Crippen LogP contribution is 2.09. The number of urea groups is 1. The van der Waals surface area contributed by atoms with Gasteiger partial charge < -0.3 is 0 Å². The van der Waals surface area contributed by atoms with Crippen molar-refractivity contribution in [2.45, 2.75) is 64.7 Å². The van der Waals surface area contributed by atoms with Crippen LogP contribution in [-0.2, 0) is 0 Å². The summed E-state index contributed by atoms with van der Waals surface area (Å²) in [6, 6.07) is -0.426. The third-order valence-electron chi connectivity index (χ3n) is 2.89. The quantitative estimate of drug-likeness (QED) is 0.238. The number of hydrazine groups is 2. The molecule has 0 fully saturated rings. The molecule has 0 heterocycles. The largest absolute Gasteiger partial charge is 0.345 e. The zero-order valence-corrected chi connectivity index (χ0v) is 11.1. The molecule has 0 aliphatic rings. The summed E-state index contributed by atoms with van der Waals surface area (Å²) in [5.41, 5.74) is 2.01. The normalized spacial score (nSPS) is 10.3. The number of carbonyl (C=O) groups is 1. The summed E-state index contributed by atoms with van der Waals surface area (Å²) in [5, 5.41) is 1.13. The molecule has 0 saturated heterocycles. The molecule has 0 aliphatic heterocycles. The smallest absolute Gasteiger partial charge is 0.275 e. The second-order valence-electron chi connectivity index (χ2n) is 4.47. The zero-order valence-electron chi connectivity index (χ0n) is 11.1. The first-order chi connectivity index (χ1) is 8.22. The van der Waals surface area contributed by atoms with Crippen LogP contribution in [0.15, 0.2) is 0 Å². The van der Waals surface area contributed by atoms with Crippen molar-refractivity contribution in [2.24, 2.45) is 11.7 Å². The molecule has 2 amide bonds. The van der Waals surface area contributed by atoms with Gasteiger partial charge in [0.1, 0.15) is 0 Å². The summed E-state index contributed by atoms with van der Waals surface area (Å²) in [4.78, 5) is 10.9. The van der Waals surface area contributed by atoms with Gasteiger partial charge >= 0.3 is 6.03 Å². The number of carbonyl (C=O) groups excluding carboxylic acids is 1. The molecule has 0 saturated carbocycles. The van der Waals surface area contributed by atoms with E-state index < -0.39 is 6.03 Å². The molecule has 0 unspecified atom stereocenters. The molecule has 0 aliphatic carbocycles. The molecule has 0 atom stereocenters. The Hall–Kier alpha value is -0.810. The fraction of sp³-hybridized carbons (Fsp3) is 0.917. The van der Waals surface area contributed by atoms with Gasteiger partial charge in [-0.3, -0.25) is 10.4 Å². The Morgan fingerprint density at radius 2 is 1.47 bits per heavy atom. The molecule has 0 rings (SSSR count). The van der Waals surface area contributed by atoms with Gasteiger partial charge in [0.15, 0.2) is 0 Å². The first-order valence-corrected chi connectivity index (χ1v) is 6.75. The molecular formula is C12H28N4O. The number of hydrogen-bond donors (Lipinski definition) is 3. The van der Waals surface area contributed by atoms with Gasteiger partial charge in [0.25, 0.3) is 0 Å². The lowest BCUT2D eigenvalue weighted by Crippen LogP contribution is -2.47. The van der Waals surface area contributed by atoms with Gasteiger partial charge in [-0.1, -0.05) is 58.3 Å². The Balaban J connectivity index is 3.15. The number of hydrogen-bond acceptors (Lipinski definition) is 3. The van der Waals surface area contributed by atoms with Crippen molar-refractivity contribution in [1.82, 2.24) is 10.4 Å². The maximum atomic E-state index is 10.9. The fourth-order valence-electron chi connectivity index (χ4n) is 1.78. The Morgan fingerprint density at radius 1 is 1.00 bits per heavy atom. The highest BCUT2D eigenvalue weighted by molar-refractivity contribution is 5.72. The second-order valence-corrected chi connectivity index (χ2v) is 4.47. The van der Waals surface area contributed by atoms with Crippen molar-refractivity contribution in [3.8, 4) is 0 Å². The Kier molecular flexibility index (Phi) is 11.1. The molecule has 0 aromatic rings. The summed E-state index contributed by atoms with van der Waals surface area (Å²) in [6.45, 7) is 2.80. The number of rotatable bonds is 10. The number of unbranched alkanes of at least 4 members (excludes halogenated alkanes) is 8. The predicted octanol–water partition coefficient (Wildman–Crippen LogP) is 2.28. The molecule has 5 N–H and O–H groups in total. The third-order valence-corrected chi connectivity index (χ3v) is 2.89. The lowest BCUT2D eigenvalue weighted by molar-refractivity contribution is 0.198. The van der Waals surface area contributed by atoms with Crippen LogP contribution in [0.1, 0.15) is 64.7 Å². The molecule has 0 aromatic carbocycles. The minimum absolute atomic E-state index is 0.426. The number of nitrogens with two attached hydrogens (primary N) is 2. The Labute approximate surface area is 105 Å². The van der Waals surface area contributed by atoms with Gasteiger partial charge in [0.2, 0.25) is 0 Å². The maximum absolute atomic E-state index is 10.9. The topological polar surface area (TPSA) is 84.4 Å². The van der Waals surface area contributed by atoms with Crippen molar-refractivity contribution in [3.05, 3.63) is 0 Å². The van der Waals surface area contributed by atoms with Crippen LogP contribution >= 0.6 is 0 Å². The first-order valence-electron chi connectivity index (χ1n) is 6.75. The van der Waals surface area contributed by atoms with Gasteiger partial charge in [-0.2, -0.15) is 0 Å². The maximum Gasteiger partial charge on any atom is 0.345 e. The van der Waals surface area contributed by atoms with Crippen molar-refractivity contribution in [3.63, 3.8) is 0 Å². The number of amides is 2. The molecular weight excluding hydrogens is 216 g/mol. The van der Waals surface area contributed by atoms with Gasteiger partial charge in [-0.15, -0.1) is 0 Å². The van der Waals surface area contributed by atoms with Crippen molar-refractivity contribution < 1.29 is 4.79 Å². The predicted molar refractivity (Wildman–Crippen MR) is 70.8 cm³/mol. The lowest BCUT2D eigenvalue weighted by Gasteiger charge is -2.15. The van der Waals surface area contributed by atoms with Crippen molar-refractivity contribution in [1.29, 1.82) is 0 Å². The second kappa shape index (κ2) is 11.7. The van der Waals surface area contributed by atoms with Gasteiger partial charge in [-0.25, -0.2) is 16.5 Å². The van der Waals surface area contributed by atoms with Gasteiger partial charge in [-0.05, 0) is 6.42 Å². The van der Waals surface area contributed by atoms with Crippen LogP contribution in [0.2, 0.25) is 0 Å². The molecule has 17 heavy (non-hydrogen) atoms. The molecule has 102 valence electrons. The summed E-state index contributed by atoms with van der Waals surface area (Å²) in [5.74, 6) is 10.4. The van der Waals surface area contributed by atoms with E-state index in [4.69, 9.17) is 11.7 Å². The lowest BCUT2D eigenvalue weighted by atomic mass is 10.1. The summed E-state index contributed by atoms with van der Waals surface area (Å²) >= 11 is 0. The fourth-order valence-corrected chi connectivity index (χ4v) is 1.78. The van der Waals surface area contributed by atoms with E-state index in [-0.39, 0.29) is 0 Å². The van der Waals surface area contributed by atoms with E-state index in [1.165, 1.54) is 44.9 Å². The number of nitrogens with zero attached hydrogens (tertiary/aromatic N) is 1.